The fourth-order valence-electron chi connectivity index (χ4n) is 3.37. The van der Waals surface area contributed by atoms with Crippen LogP contribution in [0.4, 0.5) is 5.69 Å². The van der Waals surface area contributed by atoms with Gasteiger partial charge in [0.1, 0.15) is 5.25 Å². The zero-order chi connectivity index (χ0) is 23.5. The fourth-order valence-corrected chi connectivity index (χ4v) is 4.43. The lowest BCUT2D eigenvalue weighted by Gasteiger charge is -2.09. The Morgan fingerprint density at radius 3 is 2.36 bits per heavy atom. The van der Waals surface area contributed by atoms with E-state index in [0.29, 0.717) is 11.4 Å². The summed E-state index contributed by atoms with van der Waals surface area (Å²) in [6.07, 6.45) is 1.12. The van der Waals surface area contributed by atoms with Crippen LogP contribution in [-0.2, 0) is 16.6 Å². The van der Waals surface area contributed by atoms with Crippen LogP contribution in [-0.4, -0.2) is 48.0 Å². The number of carboxylic acid groups (broad SMARTS) is 1. The van der Waals surface area contributed by atoms with Crippen LogP contribution in [0, 0.1) is 6.92 Å². The van der Waals surface area contributed by atoms with Crippen molar-refractivity contribution in [2.75, 3.05) is 0 Å². The van der Waals surface area contributed by atoms with E-state index in [1.807, 2.05) is 60.7 Å². The quantitative estimate of drug-likeness (QED) is 0.566. The summed E-state index contributed by atoms with van der Waals surface area (Å²) in [5.41, 5.74) is 1.84. The molecule has 9 nitrogen and oxygen atoms in total. The molecule has 1 aromatic heterocycles. The second-order valence-corrected chi connectivity index (χ2v) is 8.48. The predicted octanol–water partition coefficient (Wildman–Crippen LogP) is 2.92. The number of aliphatic carboxylic acids is 1. The van der Waals surface area contributed by atoms with Crippen molar-refractivity contribution >= 4 is 40.7 Å². The van der Waals surface area contributed by atoms with Gasteiger partial charge < -0.3 is 5.11 Å². The van der Waals surface area contributed by atoms with Gasteiger partial charge in [-0.25, -0.2) is 9.67 Å². The molecule has 1 unspecified atom stereocenters. The second kappa shape index (κ2) is 9.29. The number of rotatable bonds is 6. The van der Waals surface area contributed by atoms with Crippen LogP contribution in [0.3, 0.4) is 0 Å². The van der Waals surface area contributed by atoms with Crippen LogP contribution < -0.4 is 5.56 Å². The van der Waals surface area contributed by atoms with Gasteiger partial charge in [0.2, 0.25) is 0 Å². The van der Waals surface area contributed by atoms with Gasteiger partial charge in [0.15, 0.2) is 10.9 Å². The second-order valence-electron chi connectivity index (χ2n) is 7.31. The molecule has 0 saturated carbocycles. The summed E-state index contributed by atoms with van der Waals surface area (Å²) in [6.45, 7) is 1.76. The van der Waals surface area contributed by atoms with E-state index in [1.54, 1.807) is 18.7 Å². The molecule has 0 bridgehead atoms. The van der Waals surface area contributed by atoms with E-state index in [2.05, 4.69) is 10.1 Å². The first-order chi connectivity index (χ1) is 15.9. The van der Waals surface area contributed by atoms with Crippen LogP contribution in [0.2, 0.25) is 0 Å². The van der Waals surface area contributed by atoms with Crippen LogP contribution in [0.1, 0.15) is 17.7 Å². The monoisotopic (exact) mass is 463 g/mol. The Hall–Kier alpha value is -3.92. The lowest BCUT2D eigenvalue weighted by Crippen LogP contribution is -2.28. The van der Waals surface area contributed by atoms with Gasteiger partial charge in [0, 0.05) is 7.05 Å². The Morgan fingerprint density at radius 1 is 1.09 bits per heavy atom. The van der Waals surface area contributed by atoms with Crippen LogP contribution >= 0.6 is 11.8 Å². The number of aliphatic imine (C=N–C) groups is 1. The average Bonchev–Trinajstić information content (AvgIpc) is 3.21. The highest BCUT2D eigenvalue weighted by molar-refractivity contribution is 8.15. The van der Waals surface area contributed by atoms with Crippen LogP contribution in [0.15, 0.2) is 75.6 Å². The van der Waals surface area contributed by atoms with E-state index in [9.17, 15) is 19.5 Å². The number of para-hydroxylation sites is 1. The van der Waals surface area contributed by atoms with Crippen molar-refractivity contribution < 1.29 is 14.7 Å². The summed E-state index contributed by atoms with van der Waals surface area (Å²) >= 11 is 0.988. The molecule has 168 valence electrons. The number of hydrogen-bond acceptors (Lipinski definition) is 6. The molecular formula is C23H21N5O4S. The lowest BCUT2D eigenvalue weighted by atomic mass is 10.2. The Morgan fingerprint density at radius 2 is 1.73 bits per heavy atom. The first-order valence-electron chi connectivity index (χ1n) is 10.1. The molecule has 1 atom stereocenters. The third-order valence-electron chi connectivity index (χ3n) is 5.13. The summed E-state index contributed by atoms with van der Waals surface area (Å²) in [5.74, 6) is -1.60. The predicted molar refractivity (Wildman–Crippen MR) is 127 cm³/mol. The molecule has 1 amide bonds. The largest absolute Gasteiger partial charge is 0.481 e. The number of amidine groups is 1. The molecule has 1 aliphatic rings. The summed E-state index contributed by atoms with van der Waals surface area (Å²) in [5, 5.41) is 13.8. The highest BCUT2D eigenvalue weighted by Crippen LogP contribution is 2.32. The molecule has 0 spiro atoms. The molecule has 0 aliphatic carbocycles. The summed E-state index contributed by atoms with van der Waals surface area (Å²) in [4.78, 5) is 41.8. The molecule has 0 radical (unpaired) electrons. The maximum absolute atomic E-state index is 13.2. The van der Waals surface area contributed by atoms with Crippen LogP contribution in [0.25, 0.3) is 5.69 Å². The van der Waals surface area contributed by atoms with Crippen molar-refractivity contribution in [2.24, 2.45) is 17.1 Å². The van der Waals surface area contributed by atoms with Crippen LogP contribution in [0.5, 0.6) is 0 Å². The third-order valence-corrected chi connectivity index (χ3v) is 6.25. The third kappa shape index (κ3) is 4.51. The minimum Gasteiger partial charge on any atom is -0.481 e. The topological polar surface area (TPSA) is 109 Å². The first kappa shape index (κ1) is 22.3. The van der Waals surface area contributed by atoms with Gasteiger partial charge in [-0.05, 0) is 24.6 Å². The van der Waals surface area contributed by atoms with E-state index in [-0.39, 0.29) is 22.8 Å². The molecule has 1 saturated heterocycles. The number of carboxylic acids is 1. The molecule has 1 N–H and O–H groups in total. The minimum atomic E-state index is -1.10. The molecule has 33 heavy (non-hydrogen) atoms. The van der Waals surface area contributed by atoms with Crippen molar-refractivity contribution in [1.82, 2.24) is 14.4 Å². The Bertz CT molecular complexity index is 1310. The maximum atomic E-state index is 13.2. The van der Waals surface area contributed by atoms with Gasteiger partial charge in [-0.1, -0.05) is 60.3 Å². The van der Waals surface area contributed by atoms with Gasteiger partial charge in [0.25, 0.3) is 11.5 Å². The van der Waals surface area contributed by atoms with Gasteiger partial charge >= 0.3 is 5.97 Å². The van der Waals surface area contributed by atoms with Crippen molar-refractivity contribution in [2.45, 2.75) is 18.6 Å². The number of thioether (sulfide) groups is 1. The number of nitrogens with zero attached hydrogens (tertiary/aromatic N) is 5. The zero-order valence-corrected chi connectivity index (χ0v) is 18.8. The first-order valence-corrected chi connectivity index (χ1v) is 11.0. The molecule has 1 fully saturated rings. The van der Waals surface area contributed by atoms with E-state index >= 15 is 0 Å². The van der Waals surface area contributed by atoms with Gasteiger partial charge in [0.05, 0.1) is 24.0 Å². The van der Waals surface area contributed by atoms with Crippen molar-refractivity contribution in [3.8, 4) is 5.69 Å². The van der Waals surface area contributed by atoms with E-state index in [1.165, 1.54) is 10.9 Å². The van der Waals surface area contributed by atoms with Gasteiger partial charge in [-0.2, -0.15) is 10.1 Å². The lowest BCUT2D eigenvalue weighted by molar-refractivity contribution is -0.139. The Kier molecular flexibility index (Phi) is 6.27. The summed E-state index contributed by atoms with van der Waals surface area (Å²) in [7, 11) is 1.75. The number of carbonyl (C=O) groups is 2. The van der Waals surface area contributed by atoms with E-state index in [0.717, 1.165) is 22.3 Å². The van der Waals surface area contributed by atoms with Crippen molar-refractivity contribution in [1.29, 1.82) is 0 Å². The normalized spacial score (nSPS) is 17.4. The summed E-state index contributed by atoms with van der Waals surface area (Å²) < 4.78 is 3.17. The van der Waals surface area contributed by atoms with Crippen molar-refractivity contribution in [3.63, 3.8) is 0 Å². The van der Waals surface area contributed by atoms with Gasteiger partial charge in [-0.15, -0.1) is 0 Å². The van der Waals surface area contributed by atoms with Gasteiger partial charge in [-0.3, -0.25) is 19.1 Å². The highest BCUT2D eigenvalue weighted by atomic mass is 32.2. The Labute approximate surface area is 193 Å². The number of benzene rings is 2. The molecule has 3 aromatic rings. The molecule has 2 aromatic carbocycles. The number of carbonyl (C=O) groups excluding carboxylic acids is 1. The van der Waals surface area contributed by atoms with Crippen molar-refractivity contribution in [3.05, 3.63) is 82.3 Å². The molecule has 1 aliphatic heterocycles. The minimum absolute atomic E-state index is 0.157. The number of hydrazone groups is 1. The standard InChI is InChI=1S/C23H21N5O4S/c1-15-20(22(32)28(26(15)2)17-11-7-4-8-12-17)25-23-27(21(31)18(33-23)13-19(29)30)24-14-16-9-5-3-6-10-16/h3-12,14,18H,13H2,1-2H3,(H,29,30). The average molecular weight is 464 g/mol. The smallest absolute Gasteiger partial charge is 0.305 e. The molecule has 4 rings (SSSR count). The molecule has 10 heteroatoms. The number of aromatic nitrogens is 2. The number of hydrogen-bond donors (Lipinski definition) is 1. The Balaban J connectivity index is 1.77. The van der Waals surface area contributed by atoms with E-state index in [4.69, 9.17) is 0 Å². The van der Waals surface area contributed by atoms with E-state index < -0.39 is 17.1 Å². The highest BCUT2D eigenvalue weighted by Gasteiger charge is 2.40. The summed E-state index contributed by atoms with van der Waals surface area (Å²) in [6, 6.07) is 18.3. The SMILES string of the molecule is Cc1c(N=C2SC(CC(=O)O)C(=O)N2N=Cc2ccccc2)c(=O)n(-c2ccccc2)n1C. The fraction of sp³-hybridized carbons (Fsp3) is 0.174. The maximum Gasteiger partial charge on any atom is 0.305 e. The molecule has 2 heterocycles. The number of amides is 1. The zero-order valence-electron chi connectivity index (χ0n) is 18.0. The molecular weight excluding hydrogens is 442 g/mol.